The summed E-state index contributed by atoms with van der Waals surface area (Å²) in [5.74, 6) is -1.07. The van der Waals surface area contributed by atoms with Gasteiger partial charge < -0.3 is 10.0 Å². The van der Waals surface area contributed by atoms with Gasteiger partial charge in [0.15, 0.2) is 0 Å². The van der Waals surface area contributed by atoms with E-state index >= 15 is 0 Å². The van der Waals surface area contributed by atoms with E-state index in [1.165, 1.54) is 22.5 Å². The van der Waals surface area contributed by atoms with Crippen molar-refractivity contribution in [3.05, 3.63) is 21.9 Å². The molecule has 0 radical (unpaired) electrons. The molecule has 0 spiro atoms. The van der Waals surface area contributed by atoms with Gasteiger partial charge in [-0.15, -0.1) is 11.3 Å². The van der Waals surface area contributed by atoms with Crippen LogP contribution in [-0.2, 0) is 22.0 Å². The first-order valence-electron chi connectivity index (χ1n) is 7.35. The Balaban J connectivity index is 2.05. The highest BCUT2D eigenvalue weighted by Gasteiger charge is 2.46. The number of carboxylic acid groups (broad SMARTS) is 1. The fourth-order valence-corrected chi connectivity index (χ4v) is 4.81. The number of piperidine rings is 1. The Labute approximate surface area is 136 Å². The van der Waals surface area contributed by atoms with Crippen molar-refractivity contribution in [3.63, 3.8) is 0 Å². The summed E-state index contributed by atoms with van der Waals surface area (Å²) in [5, 5.41) is 9.37. The first kappa shape index (κ1) is 17.1. The molecule has 22 heavy (non-hydrogen) atoms. The number of thiophene rings is 1. The highest BCUT2D eigenvalue weighted by atomic mass is 32.2. The zero-order valence-corrected chi connectivity index (χ0v) is 14.5. The zero-order valence-electron chi connectivity index (χ0n) is 12.8. The Morgan fingerprint density at radius 3 is 2.50 bits per heavy atom. The summed E-state index contributed by atoms with van der Waals surface area (Å²) in [6.45, 7) is 2.78. The lowest BCUT2D eigenvalue weighted by Gasteiger charge is -2.37. The van der Waals surface area contributed by atoms with E-state index in [0.717, 1.165) is 12.8 Å². The molecular weight excluding hydrogens is 322 g/mol. The first-order chi connectivity index (χ1) is 10.4. The Morgan fingerprint density at radius 1 is 1.36 bits per heavy atom. The monoisotopic (exact) mass is 343 g/mol. The van der Waals surface area contributed by atoms with E-state index in [9.17, 15) is 18.9 Å². The number of amides is 1. The van der Waals surface area contributed by atoms with Gasteiger partial charge in [-0.25, -0.2) is 0 Å². The average Bonchev–Trinajstić information content (AvgIpc) is 2.95. The van der Waals surface area contributed by atoms with Gasteiger partial charge >= 0.3 is 5.97 Å². The molecule has 1 aliphatic rings. The molecule has 0 bridgehead atoms. The van der Waals surface area contributed by atoms with Crippen LogP contribution < -0.4 is 0 Å². The lowest BCUT2D eigenvalue weighted by molar-refractivity contribution is -0.141. The highest BCUT2D eigenvalue weighted by Crippen LogP contribution is 2.30. The van der Waals surface area contributed by atoms with Crippen molar-refractivity contribution < 1.29 is 18.9 Å². The van der Waals surface area contributed by atoms with Gasteiger partial charge in [0.05, 0.1) is 4.88 Å². The summed E-state index contributed by atoms with van der Waals surface area (Å²) in [5.41, 5.74) is 0. The smallest absolute Gasteiger partial charge is 0.322 e. The molecule has 2 heterocycles. The second-order valence-corrected chi connectivity index (χ2v) is 8.42. The van der Waals surface area contributed by atoms with Crippen molar-refractivity contribution in [2.75, 3.05) is 19.3 Å². The molecule has 1 unspecified atom stereocenters. The standard InChI is InChI=1S/C15H21NO4S2/c1-3-4-11-5-6-12(21-11)13(17)16-9-7-15(8-10-16,14(18)19)22(2)20/h5-6H,3-4,7-10H2,1-2H3,(H,18,19). The number of rotatable bonds is 5. The Bertz CT molecular complexity index is 572. The molecular formula is C15H21NO4S2. The summed E-state index contributed by atoms with van der Waals surface area (Å²) < 4.78 is 10.6. The number of likely N-dealkylation sites (tertiary alicyclic amines) is 1. The molecule has 0 aromatic carbocycles. The topological polar surface area (TPSA) is 74.7 Å². The molecule has 1 aliphatic heterocycles. The SMILES string of the molecule is CCCc1ccc(C(=O)N2CCC(C(=O)O)(S(C)=O)CC2)s1. The van der Waals surface area contributed by atoms with Gasteiger partial charge in [-0.2, -0.15) is 0 Å². The maximum absolute atomic E-state index is 12.5. The summed E-state index contributed by atoms with van der Waals surface area (Å²) in [6.07, 6.45) is 3.92. The second kappa shape index (κ2) is 6.91. The molecule has 1 atom stereocenters. The third kappa shape index (κ3) is 3.25. The van der Waals surface area contributed by atoms with Crippen molar-refractivity contribution in [1.82, 2.24) is 4.90 Å². The maximum atomic E-state index is 12.5. The van der Waals surface area contributed by atoms with E-state index in [1.807, 2.05) is 12.1 Å². The summed E-state index contributed by atoms with van der Waals surface area (Å²) >= 11 is 1.50. The minimum Gasteiger partial charge on any atom is -0.480 e. The molecule has 1 aromatic heterocycles. The lowest BCUT2D eigenvalue weighted by Crippen LogP contribution is -2.53. The predicted octanol–water partition coefficient (Wildman–Crippen LogP) is 2.14. The normalized spacial score (nSPS) is 18.9. The molecule has 0 aliphatic carbocycles. The molecule has 0 saturated carbocycles. The van der Waals surface area contributed by atoms with Crippen LogP contribution in [-0.4, -0.2) is 50.2 Å². The predicted molar refractivity (Wildman–Crippen MR) is 87.9 cm³/mol. The van der Waals surface area contributed by atoms with Crippen molar-refractivity contribution >= 4 is 34.0 Å². The minimum absolute atomic E-state index is 0.0479. The largest absolute Gasteiger partial charge is 0.480 e. The van der Waals surface area contributed by atoms with Crippen LogP contribution >= 0.6 is 11.3 Å². The quantitative estimate of drug-likeness (QED) is 0.889. The molecule has 122 valence electrons. The van der Waals surface area contributed by atoms with Gasteiger partial charge in [0.1, 0.15) is 4.75 Å². The summed E-state index contributed by atoms with van der Waals surface area (Å²) in [4.78, 5) is 27.5. The van der Waals surface area contributed by atoms with Crippen LogP contribution in [0.25, 0.3) is 0 Å². The number of nitrogens with zero attached hydrogens (tertiary/aromatic N) is 1. The van der Waals surface area contributed by atoms with Crippen molar-refractivity contribution in [2.45, 2.75) is 37.4 Å². The molecule has 5 nitrogen and oxygen atoms in total. The van der Waals surface area contributed by atoms with Crippen LogP contribution in [0.5, 0.6) is 0 Å². The number of hydrogen-bond acceptors (Lipinski definition) is 4. The molecule has 1 N–H and O–H groups in total. The van der Waals surface area contributed by atoms with Crippen molar-refractivity contribution in [1.29, 1.82) is 0 Å². The lowest BCUT2D eigenvalue weighted by atomic mass is 9.95. The maximum Gasteiger partial charge on any atom is 0.322 e. The van der Waals surface area contributed by atoms with E-state index in [4.69, 9.17) is 0 Å². The van der Waals surface area contributed by atoms with Gasteiger partial charge in [-0.1, -0.05) is 13.3 Å². The highest BCUT2D eigenvalue weighted by molar-refractivity contribution is 7.86. The number of aliphatic carboxylic acids is 1. The first-order valence-corrected chi connectivity index (χ1v) is 9.73. The second-order valence-electron chi connectivity index (χ2n) is 5.56. The Kier molecular flexibility index (Phi) is 5.39. The van der Waals surface area contributed by atoms with Crippen LogP contribution in [0.4, 0.5) is 0 Å². The van der Waals surface area contributed by atoms with E-state index in [1.54, 1.807) is 4.90 Å². The van der Waals surface area contributed by atoms with Gasteiger partial charge in [-0.3, -0.25) is 13.8 Å². The van der Waals surface area contributed by atoms with Gasteiger partial charge in [0.2, 0.25) is 0 Å². The number of aryl methyl sites for hydroxylation is 1. The van der Waals surface area contributed by atoms with Gasteiger partial charge in [0.25, 0.3) is 5.91 Å². The summed E-state index contributed by atoms with van der Waals surface area (Å²) in [7, 11) is -1.45. The molecule has 1 fully saturated rings. The third-order valence-electron chi connectivity index (χ3n) is 4.17. The van der Waals surface area contributed by atoms with E-state index in [-0.39, 0.29) is 18.7 Å². The molecule has 1 aromatic rings. The molecule has 7 heteroatoms. The molecule has 1 saturated heterocycles. The van der Waals surface area contributed by atoms with E-state index in [2.05, 4.69) is 6.92 Å². The zero-order chi connectivity index (χ0) is 16.3. The van der Waals surface area contributed by atoms with Crippen LogP contribution in [0, 0.1) is 0 Å². The van der Waals surface area contributed by atoms with Crippen LogP contribution in [0.3, 0.4) is 0 Å². The minimum atomic E-state index is -1.45. The average molecular weight is 343 g/mol. The van der Waals surface area contributed by atoms with Gasteiger partial charge in [-0.05, 0) is 31.4 Å². The van der Waals surface area contributed by atoms with Crippen molar-refractivity contribution in [2.24, 2.45) is 0 Å². The number of hydrogen-bond donors (Lipinski definition) is 1. The van der Waals surface area contributed by atoms with E-state index in [0.29, 0.717) is 18.0 Å². The fourth-order valence-electron chi connectivity index (χ4n) is 2.72. The van der Waals surface area contributed by atoms with E-state index < -0.39 is 21.5 Å². The van der Waals surface area contributed by atoms with Crippen LogP contribution in [0.1, 0.15) is 40.7 Å². The number of carboxylic acids is 1. The Hall–Kier alpha value is -1.21. The molecule has 2 rings (SSSR count). The van der Waals surface area contributed by atoms with Gasteiger partial charge in [0, 0.05) is 35.0 Å². The van der Waals surface area contributed by atoms with Crippen LogP contribution in [0.2, 0.25) is 0 Å². The van der Waals surface area contributed by atoms with Crippen molar-refractivity contribution in [3.8, 4) is 0 Å². The fraction of sp³-hybridized carbons (Fsp3) is 0.600. The summed E-state index contributed by atoms with van der Waals surface area (Å²) in [6, 6.07) is 3.82. The third-order valence-corrected chi connectivity index (χ3v) is 6.98. The molecule has 1 amide bonds. The Morgan fingerprint density at radius 2 is 2.00 bits per heavy atom. The van der Waals surface area contributed by atoms with Crippen LogP contribution in [0.15, 0.2) is 12.1 Å². The number of carbonyl (C=O) groups is 2. The number of carbonyl (C=O) groups excluding carboxylic acids is 1.